The standard InChI is InChI=1S/C47H29N3O/c1-4-14-30(15-5-1)35-27-40(31-16-6-2-7-17-31)44-41(28-35)39-25-24-34(29-43(39)51-44)46-48-45(32-18-8-3-9-19-32)49-47(50-46)42-26-33-20-10-11-21-36(33)37-22-12-13-23-38(37)42/h1-29H/i2D,6D,7D,16D,17D. The predicted molar refractivity (Wildman–Crippen MR) is 209 cm³/mol. The second-order valence-corrected chi connectivity index (χ2v) is 12.4. The predicted octanol–water partition coefficient (Wildman–Crippen LogP) is 12.4. The van der Waals surface area contributed by atoms with E-state index in [4.69, 9.17) is 26.2 Å². The summed E-state index contributed by atoms with van der Waals surface area (Å²) in [4.78, 5) is 15.2. The molecule has 51 heavy (non-hydrogen) atoms. The van der Waals surface area contributed by atoms with Gasteiger partial charge in [0.1, 0.15) is 11.2 Å². The van der Waals surface area contributed by atoms with Crippen LogP contribution in [0.25, 0.3) is 99.9 Å². The minimum absolute atomic E-state index is 0.0790. The van der Waals surface area contributed by atoms with E-state index in [0.717, 1.165) is 54.6 Å². The molecule has 0 radical (unpaired) electrons. The summed E-state index contributed by atoms with van der Waals surface area (Å²) in [6.45, 7) is 0. The normalized spacial score (nSPS) is 12.9. The largest absolute Gasteiger partial charge is 0.455 e. The Morgan fingerprint density at radius 3 is 1.82 bits per heavy atom. The highest BCUT2D eigenvalue weighted by atomic mass is 16.3. The van der Waals surface area contributed by atoms with E-state index < -0.39 is 18.1 Å². The third-order valence-electron chi connectivity index (χ3n) is 9.38. The van der Waals surface area contributed by atoms with Gasteiger partial charge in [-0.1, -0.05) is 145 Å². The van der Waals surface area contributed by atoms with Crippen molar-refractivity contribution in [3.8, 4) is 56.4 Å². The molecule has 10 aromatic rings. The van der Waals surface area contributed by atoms with Crippen molar-refractivity contribution in [3.05, 3.63) is 176 Å². The molecule has 0 fully saturated rings. The Kier molecular flexibility index (Phi) is 5.66. The maximum Gasteiger partial charge on any atom is 0.164 e. The SMILES string of the molecule is [2H]c1c([2H])c([2H])c(-c2cc(-c3ccccc3)cc3c2oc2cc(-c4nc(-c5ccccc5)nc(-c5cc6ccccc6c6ccccc56)n4)ccc23)c([2H])c1[2H]. The molecule has 2 aromatic heterocycles. The van der Waals surface area contributed by atoms with Crippen LogP contribution in [0.4, 0.5) is 0 Å². The lowest BCUT2D eigenvalue weighted by Gasteiger charge is -2.12. The fraction of sp³-hybridized carbons (Fsp3) is 0. The Hall–Kier alpha value is -6.91. The first-order valence-electron chi connectivity index (χ1n) is 19.2. The third-order valence-corrected chi connectivity index (χ3v) is 9.38. The summed E-state index contributed by atoms with van der Waals surface area (Å²) in [7, 11) is 0. The molecule has 0 saturated heterocycles. The first-order valence-corrected chi connectivity index (χ1v) is 16.7. The first-order chi connectivity index (χ1) is 27.3. The molecule has 2 heterocycles. The van der Waals surface area contributed by atoms with Crippen LogP contribution in [-0.2, 0) is 0 Å². The molecule has 238 valence electrons. The quantitative estimate of drug-likeness (QED) is 0.173. The second kappa shape index (κ2) is 11.9. The summed E-state index contributed by atoms with van der Waals surface area (Å²) < 4.78 is 49.4. The average Bonchev–Trinajstić information content (AvgIpc) is 3.63. The van der Waals surface area contributed by atoms with Gasteiger partial charge in [0.2, 0.25) is 0 Å². The van der Waals surface area contributed by atoms with Gasteiger partial charge < -0.3 is 4.42 Å². The van der Waals surface area contributed by atoms with Crippen LogP contribution in [0.2, 0.25) is 0 Å². The number of rotatable bonds is 5. The van der Waals surface area contributed by atoms with Crippen molar-refractivity contribution in [1.29, 1.82) is 0 Å². The monoisotopic (exact) mass is 656 g/mol. The van der Waals surface area contributed by atoms with Gasteiger partial charge in [-0.05, 0) is 68.6 Å². The molecule has 10 rings (SSSR count). The van der Waals surface area contributed by atoms with Crippen molar-refractivity contribution in [3.63, 3.8) is 0 Å². The number of fused-ring (bicyclic) bond motifs is 6. The van der Waals surface area contributed by atoms with Gasteiger partial charge in [0.15, 0.2) is 17.5 Å². The van der Waals surface area contributed by atoms with E-state index in [-0.39, 0.29) is 17.6 Å². The summed E-state index contributed by atoms with van der Waals surface area (Å²) in [5.74, 6) is 1.53. The molecule has 0 spiro atoms. The van der Waals surface area contributed by atoms with Crippen LogP contribution >= 0.6 is 0 Å². The van der Waals surface area contributed by atoms with Crippen molar-refractivity contribution in [2.24, 2.45) is 0 Å². The maximum absolute atomic E-state index is 8.84. The Bertz CT molecular complexity index is 3170. The van der Waals surface area contributed by atoms with Crippen LogP contribution in [0.5, 0.6) is 0 Å². The van der Waals surface area contributed by atoms with E-state index >= 15 is 0 Å². The zero-order valence-corrected chi connectivity index (χ0v) is 27.1. The lowest BCUT2D eigenvalue weighted by atomic mass is 9.95. The molecule has 4 nitrogen and oxygen atoms in total. The van der Waals surface area contributed by atoms with Crippen LogP contribution in [0.15, 0.2) is 180 Å². The van der Waals surface area contributed by atoms with Crippen molar-refractivity contribution in [2.75, 3.05) is 0 Å². The molecule has 0 aliphatic rings. The van der Waals surface area contributed by atoms with Crippen LogP contribution in [-0.4, -0.2) is 15.0 Å². The van der Waals surface area contributed by atoms with Crippen molar-refractivity contribution in [1.82, 2.24) is 15.0 Å². The summed E-state index contributed by atoms with van der Waals surface area (Å²) >= 11 is 0. The topological polar surface area (TPSA) is 51.8 Å². The van der Waals surface area contributed by atoms with Gasteiger partial charge in [-0.25, -0.2) is 15.0 Å². The van der Waals surface area contributed by atoms with Gasteiger partial charge in [0, 0.05) is 33.0 Å². The molecule has 0 aliphatic heterocycles. The highest BCUT2D eigenvalue weighted by Gasteiger charge is 2.19. The lowest BCUT2D eigenvalue weighted by molar-refractivity contribution is 0.670. The molecule has 0 atom stereocenters. The number of hydrogen-bond donors (Lipinski definition) is 0. The molecule has 8 aromatic carbocycles. The van der Waals surface area contributed by atoms with Crippen LogP contribution in [0, 0.1) is 0 Å². The Morgan fingerprint density at radius 2 is 1.04 bits per heavy atom. The fourth-order valence-corrected chi connectivity index (χ4v) is 6.97. The molecular formula is C47H29N3O. The molecule has 0 unspecified atom stereocenters. The van der Waals surface area contributed by atoms with Gasteiger partial charge in [-0.2, -0.15) is 0 Å². The summed E-state index contributed by atoms with van der Waals surface area (Å²) in [6.07, 6.45) is 0. The van der Waals surface area contributed by atoms with Gasteiger partial charge in [0.25, 0.3) is 0 Å². The van der Waals surface area contributed by atoms with E-state index in [1.807, 2.05) is 115 Å². The van der Waals surface area contributed by atoms with E-state index in [0.29, 0.717) is 39.8 Å². The van der Waals surface area contributed by atoms with Crippen molar-refractivity contribution in [2.45, 2.75) is 0 Å². The van der Waals surface area contributed by atoms with Crippen molar-refractivity contribution < 1.29 is 11.3 Å². The highest BCUT2D eigenvalue weighted by Crippen LogP contribution is 2.41. The lowest BCUT2D eigenvalue weighted by Crippen LogP contribution is -2.00. The van der Waals surface area contributed by atoms with E-state index in [1.165, 1.54) is 0 Å². The highest BCUT2D eigenvalue weighted by molar-refractivity contribution is 6.14. The number of benzene rings is 8. The first kappa shape index (κ1) is 24.3. The Labute approximate surface area is 301 Å². The minimum atomic E-state index is -0.447. The second-order valence-electron chi connectivity index (χ2n) is 12.4. The number of furan rings is 1. The summed E-state index contributed by atoms with van der Waals surface area (Å²) in [6, 6.07) is 46.2. The summed E-state index contributed by atoms with van der Waals surface area (Å²) in [5.41, 5.74) is 5.63. The maximum atomic E-state index is 8.84. The van der Waals surface area contributed by atoms with Gasteiger partial charge in [-0.15, -0.1) is 0 Å². The number of nitrogens with zero attached hydrogens (tertiary/aromatic N) is 3. The fourth-order valence-electron chi connectivity index (χ4n) is 6.97. The third kappa shape index (κ3) is 5.04. The smallest absolute Gasteiger partial charge is 0.164 e. The van der Waals surface area contributed by atoms with E-state index in [9.17, 15) is 0 Å². The summed E-state index contributed by atoms with van der Waals surface area (Å²) in [5, 5.41) is 5.92. The zero-order chi connectivity index (χ0) is 38.1. The zero-order valence-electron chi connectivity index (χ0n) is 32.1. The Balaban J connectivity index is 1.22. The van der Waals surface area contributed by atoms with E-state index in [1.54, 1.807) is 0 Å². The molecular weight excluding hydrogens is 623 g/mol. The molecule has 0 aliphatic carbocycles. The molecule has 0 amide bonds. The van der Waals surface area contributed by atoms with Crippen molar-refractivity contribution >= 4 is 43.5 Å². The van der Waals surface area contributed by atoms with E-state index in [2.05, 4.69) is 30.3 Å². The molecule has 0 bridgehead atoms. The molecule has 0 saturated carbocycles. The van der Waals surface area contributed by atoms with Gasteiger partial charge in [0.05, 0.1) is 6.85 Å². The van der Waals surface area contributed by atoms with Crippen LogP contribution in [0.3, 0.4) is 0 Å². The number of aromatic nitrogens is 3. The van der Waals surface area contributed by atoms with Crippen LogP contribution < -0.4 is 0 Å². The molecule has 4 heteroatoms. The number of hydrogen-bond acceptors (Lipinski definition) is 4. The van der Waals surface area contributed by atoms with Crippen LogP contribution in [0.1, 0.15) is 6.85 Å². The van der Waals surface area contributed by atoms with Gasteiger partial charge >= 0.3 is 0 Å². The van der Waals surface area contributed by atoms with Gasteiger partial charge in [-0.3, -0.25) is 0 Å². The average molecular weight is 657 g/mol. The Morgan fingerprint density at radius 1 is 0.392 bits per heavy atom. The molecule has 0 N–H and O–H groups in total. The minimum Gasteiger partial charge on any atom is -0.455 e.